The first-order valence-corrected chi connectivity index (χ1v) is 7.61. The molecule has 1 fully saturated rings. The first kappa shape index (κ1) is 12.3. The lowest BCUT2D eigenvalue weighted by atomic mass is 9.89. The van der Waals surface area contributed by atoms with Crippen molar-refractivity contribution in [1.82, 2.24) is 4.98 Å². The van der Waals surface area contributed by atoms with Crippen LogP contribution < -0.4 is 5.32 Å². The van der Waals surface area contributed by atoms with Crippen LogP contribution in [0.4, 0.5) is 5.82 Å². The van der Waals surface area contributed by atoms with Gasteiger partial charge in [-0.3, -0.25) is 0 Å². The first-order chi connectivity index (χ1) is 8.81. The smallest absolute Gasteiger partial charge is 0.126 e. The molecule has 1 saturated carbocycles. The monoisotopic (exact) mass is 264 g/mol. The van der Waals surface area contributed by atoms with Crippen LogP contribution >= 0.6 is 11.6 Å². The Morgan fingerprint density at radius 3 is 2.83 bits per heavy atom. The summed E-state index contributed by atoms with van der Waals surface area (Å²) in [5.74, 6) is 1.83. The lowest BCUT2D eigenvalue weighted by Gasteiger charge is -2.25. The summed E-state index contributed by atoms with van der Waals surface area (Å²) in [6, 6.07) is 4.38. The molecule has 3 rings (SSSR count). The van der Waals surface area contributed by atoms with Crippen molar-refractivity contribution in [3.63, 3.8) is 0 Å². The van der Waals surface area contributed by atoms with E-state index in [4.69, 9.17) is 16.6 Å². The number of anilines is 1. The average Bonchev–Trinajstić information content (AvgIpc) is 2.85. The fourth-order valence-electron chi connectivity index (χ4n) is 3.09. The fourth-order valence-corrected chi connectivity index (χ4v) is 3.35. The van der Waals surface area contributed by atoms with Gasteiger partial charge in [-0.15, -0.1) is 11.6 Å². The maximum absolute atomic E-state index is 6.13. The minimum atomic E-state index is 0.416. The summed E-state index contributed by atoms with van der Waals surface area (Å²) in [4.78, 5) is 4.72. The van der Waals surface area contributed by atoms with Crippen LogP contribution in [0.5, 0.6) is 0 Å². The van der Waals surface area contributed by atoms with Crippen molar-refractivity contribution in [2.24, 2.45) is 5.92 Å². The Morgan fingerprint density at radius 2 is 2.00 bits per heavy atom. The van der Waals surface area contributed by atoms with Gasteiger partial charge in [0, 0.05) is 17.6 Å². The van der Waals surface area contributed by atoms with E-state index in [1.807, 2.05) is 0 Å². The van der Waals surface area contributed by atoms with Crippen LogP contribution in [0.15, 0.2) is 12.1 Å². The minimum Gasteiger partial charge on any atom is -0.370 e. The van der Waals surface area contributed by atoms with Crippen molar-refractivity contribution >= 4 is 17.4 Å². The molecule has 0 aliphatic heterocycles. The third-order valence-corrected chi connectivity index (χ3v) is 4.71. The topological polar surface area (TPSA) is 24.9 Å². The predicted molar refractivity (Wildman–Crippen MR) is 76.4 cm³/mol. The zero-order valence-electron chi connectivity index (χ0n) is 10.8. The summed E-state index contributed by atoms with van der Waals surface area (Å²) in [7, 11) is 0. The molecule has 0 spiro atoms. The summed E-state index contributed by atoms with van der Waals surface area (Å²) >= 11 is 6.13. The number of nitrogens with zero attached hydrogens (tertiary/aromatic N) is 1. The molecule has 1 N–H and O–H groups in total. The molecule has 2 nitrogen and oxygen atoms in total. The van der Waals surface area contributed by atoms with E-state index < -0.39 is 0 Å². The highest BCUT2D eigenvalue weighted by Crippen LogP contribution is 2.28. The van der Waals surface area contributed by atoms with Gasteiger partial charge in [0.25, 0.3) is 0 Å². The molecule has 2 aliphatic rings. The second kappa shape index (κ2) is 5.48. The molecule has 1 aromatic rings. The summed E-state index contributed by atoms with van der Waals surface area (Å²) in [5.41, 5.74) is 2.76. The van der Waals surface area contributed by atoms with Crippen LogP contribution in [0.1, 0.15) is 43.4 Å². The highest BCUT2D eigenvalue weighted by molar-refractivity contribution is 6.20. The molecule has 0 saturated heterocycles. The van der Waals surface area contributed by atoms with Crippen LogP contribution in [0.25, 0.3) is 0 Å². The van der Waals surface area contributed by atoms with Gasteiger partial charge < -0.3 is 5.32 Å². The molecule has 1 heterocycles. The maximum atomic E-state index is 6.13. The highest BCUT2D eigenvalue weighted by atomic mass is 35.5. The van der Waals surface area contributed by atoms with Crippen molar-refractivity contribution in [1.29, 1.82) is 0 Å². The lowest BCUT2D eigenvalue weighted by molar-refractivity contribution is 0.377. The summed E-state index contributed by atoms with van der Waals surface area (Å²) in [6.07, 6.45) is 8.49. The molecule has 18 heavy (non-hydrogen) atoms. The molecule has 0 unspecified atom stereocenters. The van der Waals surface area contributed by atoms with Gasteiger partial charge in [0.1, 0.15) is 5.82 Å². The number of aryl methyl sites for hydroxylation is 2. The number of aromatic nitrogens is 1. The number of pyridine rings is 1. The lowest BCUT2D eigenvalue weighted by Crippen LogP contribution is -2.21. The molecule has 3 heteroatoms. The van der Waals surface area contributed by atoms with E-state index in [9.17, 15) is 0 Å². The number of alkyl halides is 1. The number of rotatable bonds is 3. The van der Waals surface area contributed by atoms with Crippen molar-refractivity contribution in [2.75, 3.05) is 11.9 Å². The van der Waals surface area contributed by atoms with Gasteiger partial charge in [-0.05, 0) is 62.5 Å². The summed E-state index contributed by atoms with van der Waals surface area (Å²) in [5, 5.41) is 3.92. The Bertz CT molecular complexity index is 411. The Kier molecular flexibility index (Phi) is 3.74. The number of fused-ring (bicyclic) bond motifs is 1. The molecule has 0 bridgehead atoms. The zero-order valence-corrected chi connectivity index (χ0v) is 11.5. The van der Waals surface area contributed by atoms with E-state index in [0.717, 1.165) is 24.7 Å². The summed E-state index contributed by atoms with van der Waals surface area (Å²) < 4.78 is 0. The second-order valence-electron chi connectivity index (χ2n) is 5.65. The number of nitrogens with one attached hydrogen (secondary N) is 1. The molecule has 1 aromatic heterocycles. The predicted octanol–water partition coefficient (Wildman–Crippen LogP) is 3.78. The Morgan fingerprint density at radius 1 is 1.17 bits per heavy atom. The van der Waals surface area contributed by atoms with Gasteiger partial charge in [-0.1, -0.05) is 6.07 Å². The van der Waals surface area contributed by atoms with Gasteiger partial charge >= 0.3 is 0 Å². The van der Waals surface area contributed by atoms with Crippen LogP contribution in [0.3, 0.4) is 0 Å². The Labute approximate surface area is 114 Å². The van der Waals surface area contributed by atoms with Crippen LogP contribution in [-0.4, -0.2) is 16.9 Å². The van der Waals surface area contributed by atoms with E-state index in [2.05, 4.69) is 17.4 Å². The first-order valence-electron chi connectivity index (χ1n) is 7.18. The summed E-state index contributed by atoms with van der Waals surface area (Å²) in [6.45, 7) is 1.05. The molecule has 0 amide bonds. The zero-order chi connectivity index (χ0) is 12.4. The Hall–Kier alpha value is -0.760. The van der Waals surface area contributed by atoms with Gasteiger partial charge in [-0.25, -0.2) is 4.98 Å². The number of hydrogen-bond donors (Lipinski definition) is 1. The molecule has 98 valence electrons. The second-order valence-corrected chi connectivity index (χ2v) is 6.27. The van der Waals surface area contributed by atoms with Gasteiger partial charge in [-0.2, -0.15) is 0 Å². The van der Waals surface area contributed by atoms with E-state index in [1.165, 1.54) is 49.8 Å². The van der Waals surface area contributed by atoms with E-state index in [1.54, 1.807) is 0 Å². The van der Waals surface area contributed by atoms with Crippen molar-refractivity contribution < 1.29 is 0 Å². The standard InChI is InChI=1S/C15H21ClN2/c16-13-7-4-11(5-8-13)10-17-15-9-6-12-2-1-3-14(12)18-15/h6,9,11,13H,1-5,7-8,10H2,(H,17,18). The largest absolute Gasteiger partial charge is 0.370 e. The SMILES string of the molecule is ClC1CCC(CNc2ccc3c(n2)CCC3)CC1. The van der Waals surface area contributed by atoms with Crippen molar-refractivity contribution in [2.45, 2.75) is 50.3 Å². The quantitative estimate of drug-likeness (QED) is 0.841. The van der Waals surface area contributed by atoms with Crippen molar-refractivity contribution in [3.05, 3.63) is 23.4 Å². The molecular weight excluding hydrogens is 244 g/mol. The van der Waals surface area contributed by atoms with Crippen LogP contribution in [0, 0.1) is 5.92 Å². The van der Waals surface area contributed by atoms with Gasteiger partial charge in [0.2, 0.25) is 0 Å². The third-order valence-electron chi connectivity index (χ3n) is 4.28. The van der Waals surface area contributed by atoms with Gasteiger partial charge in [0.15, 0.2) is 0 Å². The number of hydrogen-bond acceptors (Lipinski definition) is 2. The number of halogens is 1. The van der Waals surface area contributed by atoms with Crippen LogP contribution in [0.2, 0.25) is 0 Å². The highest BCUT2D eigenvalue weighted by Gasteiger charge is 2.19. The third kappa shape index (κ3) is 2.80. The normalized spacial score (nSPS) is 26.9. The Balaban J connectivity index is 1.54. The minimum absolute atomic E-state index is 0.416. The van der Waals surface area contributed by atoms with E-state index >= 15 is 0 Å². The fraction of sp³-hybridized carbons (Fsp3) is 0.667. The molecule has 0 radical (unpaired) electrons. The maximum Gasteiger partial charge on any atom is 0.126 e. The molecular formula is C15H21ClN2. The van der Waals surface area contributed by atoms with Crippen LogP contribution in [-0.2, 0) is 12.8 Å². The van der Waals surface area contributed by atoms with E-state index in [-0.39, 0.29) is 0 Å². The van der Waals surface area contributed by atoms with Crippen molar-refractivity contribution in [3.8, 4) is 0 Å². The molecule has 0 aromatic carbocycles. The average molecular weight is 265 g/mol. The molecule has 2 aliphatic carbocycles. The molecule has 0 atom stereocenters. The van der Waals surface area contributed by atoms with E-state index in [0.29, 0.717) is 5.38 Å². The van der Waals surface area contributed by atoms with Gasteiger partial charge in [0.05, 0.1) is 0 Å².